The van der Waals surface area contributed by atoms with Gasteiger partial charge in [0.25, 0.3) is 5.91 Å². The molecule has 1 amide bonds. The zero-order chi connectivity index (χ0) is 27.6. The largest absolute Gasteiger partial charge is 0.460 e. The van der Waals surface area contributed by atoms with Crippen LogP contribution in [0.25, 0.3) is 0 Å². The van der Waals surface area contributed by atoms with Crippen molar-refractivity contribution in [3.05, 3.63) is 12.2 Å². The second-order valence-electron chi connectivity index (χ2n) is 10.2. The molecule has 0 heterocycles. The lowest BCUT2D eigenvalue weighted by atomic mass is 9.92. The van der Waals surface area contributed by atoms with Crippen LogP contribution in [0.1, 0.15) is 113 Å². The highest BCUT2D eigenvalue weighted by Gasteiger charge is 2.33. The zero-order valence-electron chi connectivity index (χ0n) is 24.1. The molecule has 0 spiro atoms. The van der Waals surface area contributed by atoms with Gasteiger partial charge >= 0.3 is 5.97 Å². The van der Waals surface area contributed by atoms with Gasteiger partial charge in [-0.15, -0.1) is 0 Å². The van der Waals surface area contributed by atoms with Crippen molar-refractivity contribution in [1.82, 2.24) is 5.32 Å². The van der Waals surface area contributed by atoms with Gasteiger partial charge in [0.05, 0.1) is 13.2 Å². The minimum atomic E-state index is -0.948. The van der Waals surface area contributed by atoms with E-state index in [-0.39, 0.29) is 24.8 Å². The minimum Gasteiger partial charge on any atom is -0.460 e. The smallest absolute Gasteiger partial charge is 0.333 e. The van der Waals surface area contributed by atoms with Crippen molar-refractivity contribution in [2.75, 3.05) is 26.4 Å². The van der Waals surface area contributed by atoms with E-state index in [1.165, 1.54) is 12.8 Å². The highest BCUT2D eigenvalue weighted by atomic mass is 16.5. The average Bonchev–Trinajstić information content (AvgIpc) is 2.87. The Morgan fingerprint density at radius 1 is 0.889 bits per heavy atom. The van der Waals surface area contributed by atoms with Gasteiger partial charge in [0.15, 0.2) is 5.78 Å². The number of esters is 1. The number of amides is 1. The van der Waals surface area contributed by atoms with Crippen molar-refractivity contribution in [3.8, 4) is 0 Å². The SMILES string of the molecule is C=C(C)C(=O)OCCNC(=O)C(C)(CC)OCCCCCC(=O)C(C)(CC)OCC(CC)CCCC. The monoisotopic (exact) mass is 511 g/mol. The molecule has 1 N–H and O–H groups in total. The summed E-state index contributed by atoms with van der Waals surface area (Å²) in [5, 5.41) is 2.76. The van der Waals surface area contributed by atoms with Crippen LogP contribution < -0.4 is 5.32 Å². The Balaban J connectivity index is 4.36. The molecule has 0 radical (unpaired) electrons. The number of ether oxygens (including phenoxy) is 3. The summed E-state index contributed by atoms with van der Waals surface area (Å²) in [6.07, 6.45) is 8.68. The standard InChI is InChI=1S/C29H53NO6/c1-9-13-17-24(10-2)22-36-28(7,11-3)25(31)18-15-14-16-20-35-29(8,12-4)27(33)30-19-21-34-26(32)23(5)6/h24H,5,9-22H2,1-4,6-8H3,(H,30,33). The van der Waals surface area contributed by atoms with Gasteiger partial charge < -0.3 is 19.5 Å². The van der Waals surface area contributed by atoms with Gasteiger partial charge in [0.2, 0.25) is 0 Å². The third kappa shape index (κ3) is 13.0. The summed E-state index contributed by atoms with van der Waals surface area (Å²) in [7, 11) is 0. The lowest BCUT2D eigenvalue weighted by Crippen LogP contribution is -2.47. The molecule has 0 saturated heterocycles. The van der Waals surface area contributed by atoms with Crippen LogP contribution in [0.15, 0.2) is 12.2 Å². The van der Waals surface area contributed by atoms with Gasteiger partial charge in [-0.3, -0.25) is 9.59 Å². The summed E-state index contributed by atoms with van der Waals surface area (Å²) in [6.45, 7) is 18.5. The molecule has 0 aliphatic rings. The summed E-state index contributed by atoms with van der Waals surface area (Å²) in [5.41, 5.74) is -1.34. The predicted molar refractivity (Wildman–Crippen MR) is 145 cm³/mol. The molecule has 0 aromatic carbocycles. The molecular formula is C29H53NO6. The van der Waals surface area contributed by atoms with Gasteiger partial charge in [0, 0.05) is 18.6 Å². The third-order valence-electron chi connectivity index (χ3n) is 7.04. The Bertz CT molecular complexity index is 679. The van der Waals surface area contributed by atoms with Gasteiger partial charge in [-0.2, -0.15) is 0 Å². The van der Waals surface area contributed by atoms with Crippen LogP contribution in [0.5, 0.6) is 0 Å². The highest BCUT2D eigenvalue weighted by molar-refractivity contribution is 5.87. The van der Waals surface area contributed by atoms with E-state index in [1.54, 1.807) is 13.8 Å². The molecule has 3 atom stereocenters. The summed E-state index contributed by atoms with van der Waals surface area (Å²) >= 11 is 0. The fourth-order valence-electron chi connectivity index (χ4n) is 3.65. The molecule has 7 heteroatoms. The topological polar surface area (TPSA) is 90.9 Å². The molecule has 0 rings (SSSR count). The Morgan fingerprint density at radius 3 is 2.11 bits per heavy atom. The van der Waals surface area contributed by atoms with Gasteiger partial charge in [-0.25, -0.2) is 4.79 Å². The summed E-state index contributed by atoms with van der Waals surface area (Å²) in [4.78, 5) is 36.9. The lowest BCUT2D eigenvalue weighted by Gasteiger charge is -2.29. The number of Topliss-reactive ketones (excluding diaryl/α,β-unsaturated/α-hetero) is 1. The fraction of sp³-hybridized carbons (Fsp3) is 0.828. The number of ketones is 1. The Kier molecular flexibility index (Phi) is 17.6. The maximum Gasteiger partial charge on any atom is 0.333 e. The zero-order valence-corrected chi connectivity index (χ0v) is 24.1. The third-order valence-corrected chi connectivity index (χ3v) is 7.04. The molecule has 0 aromatic heterocycles. The molecule has 0 aromatic rings. The van der Waals surface area contributed by atoms with Crippen LogP contribution in [0, 0.1) is 5.92 Å². The van der Waals surface area contributed by atoms with Crippen LogP contribution >= 0.6 is 0 Å². The van der Waals surface area contributed by atoms with E-state index < -0.39 is 17.2 Å². The molecule has 0 aliphatic heterocycles. The number of carbonyl (C=O) groups excluding carboxylic acids is 3. The first-order valence-corrected chi connectivity index (χ1v) is 13.9. The van der Waals surface area contributed by atoms with Crippen molar-refractivity contribution in [3.63, 3.8) is 0 Å². The van der Waals surface area contributed by atoms with Crippen LogP contribution in [-0.4, -0.2) is 55.2 Å². The molecule has 0 saturated carbocycles. The first-order chi connectivity index (χ1) is 17.0. The van der Waals surface area contributed by atoms with Crippen LogP contribution in [0.4, 0.5) is 0 Å². The summed E-state index contributed by atoms with van der Waals surface area (Å²) in [6, 6.07) is 0. The highest BCUT2D eigenvalue weighted by Crippen LogP contribution is 2.24. The quantitative estimate of drug-likeness (QED) is 0.110. The predicted octanol–water partition coefficient (Wildman–Crippen LogP) is 5.94. The Hall–Kier alpha value is -1.73. The van der Waals surface area contributed by atoms with E-state index in [2.05, 4.69) is 25.7 Å². The number of carbonyl (C=O) groups is 3. The number of nitrogens with one attached hydrogen (secondary N) is 1. The first-order valence-electron chi connectivity index (χ1n) is 13.9. The Morgan fingerprint density at radius 2 is 1.56 bits per heavy atom. The first kappa shape index (κ1) is 34.3. The van der Waals surface area contributed by atoms with E-state index in [1.807, 2.05) is 20.8 Å². The van der Waals surface area contributed by atoms with Crippen LogP contribution in [0.3, 0.4) is 0 Å². The van der Waals surface area contributed by atoms with Crippen molar-refractivity contribution in [2.45, 2.75) is 124 Å². The van der Waals surface area contributed by atoms with Gasteiger partial charge in [-0.1, -0.05) is 60.0 Å². The maximum atomic E-state index is 12.9. The second-order valence-corrected chi connectivity index (χ2v) is 10.2. The Labute approximate surface area is 220 Å². The molecule has 0 bridgehead atoms. The molecule has 0 aliphatic carbocycles. The summed E-state index contributed by atoms with van der Waals surface area (Å²) < 4.78 is 17.1. The molecule has 0 fully saturated rings. The average molecular weight is 512 g/mol. The molecular weight excluding hydrogens is 458 g/mol. The van der Waals surface area contributed by atoms with Crippen LogP contribution in [-0.2, 0) is 28.6 Å². The van der Waals surface area contributed by atoms with Crippen molar-refractivity contribution in [1.29, 1.82) is 0 Å². The van der Waals surface area contributed by atoms with E-state index in [0.29, 0.717) is 44.0 Å². The number of unbranched alkanes of at least 4 members (excludes halogenated alkanes) is 3. The van der Waals surface area contributed by atoms with E-state index in [0.717, 1.165) is 32.1 Å². The normalized spacial score (nSPS) is 15.4. The van der Waals surface area contributed by atoms with Gasteiger partial charge in [-0.05, 0) is 58.8 Å². The minimum absolute atomic E-state index is 0.0868. The summed E-state index contributed by atoms with van der Waals surface area (Å²) in [5.74, 6) is -0.0227. The number of hydrogen-bond donors (Lipinski definition) is 1. The van der Waals surface area contributed by atoms with Crippen molar-refractivity contribution >= 4 is 17.7 Å². The number of rotatable bonds is 22. The number of hydrogen-bond acceptors (Lipinski definition) is 6. The van der Waals surface area contributed by atoms with E-state index >= 15 is 0 Å². The van der Waals surface area contributed by atoms with Crippen molar-refractivity contribution in [2.24, 2.45) is 5.92 Å². The molecule has 7 nitrogen and oxygen atoms in total. The second kappa shape index (κ2) is 18.5. The van der Waals surface area contributed by atoms with E-state index in [4.69, 9.17) is 14.2 Å². The van der Waals surface area contributed by atoms with Crippen molar-refractivity contribution < 1.29 is 28.6 Å². The van der Waals surface area contributed by atoms with Crippen LogP contribution in [0.2, 0.25) is 0 Å². The van der Waals surface area contributed by atoms with E-state index in [9.17, 15) is 14.4 Å². The molecule has 3 unspecified atom stereocenters. The van der Waals surface area contributed by atoms with Gasteiger partial charge in [0.1, 0.15) is 17.8 Å². The lowest BCUT2D eigenvalue weighted by molar-refractivity contribution is -0.147. The molecule has 210 valence electrons. The molecule has 36 heavy (non-hydrogen) atoms. The maximum absolute atomic E-state index is 12.9. The fourth-order valence-corrected chi connectivity index (χ4v) is 3.65.